The minimum atomic E-state index is -0.110. The first-order valence-electron chi connectivity index (χ1n) is 9.78. The van der Waals surface area contributed by atoms with Crippen LogP contribution in [0.4, 0.5) is 5.69 Å². The Bertz CT molecular complexity index is 980. The number of likely N-dealkylation sites (N-methyl/N-ethyl adjacent to an activating group) is 1. The normalized spacial score (nSPS) is 15.4. The fraction of sp³-hybridized carbons (Fsp3) is 0.318. The molecule has 0 saturated carbocycles. The lowest BCUT2D eigenvalue weighted by Crippen LogP contribution is -2.43. The van der Waals surface area contributed by atoms with Crippen LogP contribution in [0, 0.1) is 6.92 Å². The molecule has 0 spiro atoms. The molecule has 3 heterocycles. The maximum absolute atomic E-state index is 13.0. The minimum absolute atomic E-state index is 0.110. The third-order valence-corrected chi connectivity index (χ3v) is 6.37. The van der Waals surface area contributed by atoms with Crippen molar-refractivity contribution in [3.63, 3.8) is 0 Å². The third-order valence-electron chi connectivity index (χ3n) is 5.17. The van der Waals surface area contributed by atoms with Gasteiger partial charge in [-0.2, -0.15) is 0 Å². The van der Waals surface area contributed by atoms with Crippen LogP contribution in [0.25, 0.3) is 10.6 Å². The predicted molar refractivity (Wildman–Crippen MR) is 117 cm³/mol. The van der Waals surface area contributed by atoms with Crippen molar-refractivity contribution in [2.24, 2.45) is 0 Å². The van der Waals surface area contributed by atoms with Crippen LogP contribution in [0.5, 0.6) is 0 Å². The van der Waals surface area contributed by atoms with Gasteiger partial charge in [-0.25, -0.2) is 4.98 Å². The van der Waals surface area contributed by atoms with Gasteiger partial charge in [0.25, 0.3) is 5.91 Å². The molecular weight excluding hydrogens is 382 g/mol. The van der Waals surface area contributed by atoms with Gasteiger partial charge in [-0.05, 0) is 37.7 Å². The number of anilines is 1. The Labute approximate surface area is 175 Å². The fourth-order valence-corrected chi connectivity index (χ4v) is 4.38. The molecule has 0 radical (unpaired) electrons. The molecule has 6 nitrogen and oxygen atoms in total. The number of piperazine rings is 1. The van der Waals surface area contributed by atoms with Crippen LogP contribution in [0.1, 0.15) is 20.9 Å². The topological polar surface area (TPSA) is 61.4 Å². The molecule has 0 bridgehead atoms. The molecule has 1 fully saturated rings. The lowest BCUT2D eigenvalue weighted by atomic mass is 10.1. The Hall–Kier alpha value is -2.61. The molecule has 0 atom stereocenters. The summed E-state index contributed by atoms with van der Waals surface area (Å²) in [6, 6.07) is 11.9. The summed E-state index contributed by atoms with van der Waals surface area (Å²) in [5.41, 5.74) is 3.67. The number of benzene rings is 1. The molecule has 1 aliphatic heterocycles. The van der Waals surface area contributed by atoms with Gasteiger partial charge in [0.2, 0.25) is 0 Å². The van der Waals surface area contributed by atoms with Gasteiger partial charge >= 0.3 is 0 Å². The zero-order chi connectivity index (χ0) is 20.2. The van der Waals surface area contributed by atoms with Crippen molar-refractivity contribution in [2.75, 3.05) is 38.5 Å². The van der Waals surface area contributed by atoms with E-state index in [4.69, 9.17) is 0 Å². The molecule has 0 aliphatic carbocycles. The van der Waals surface area contributed by atoms with E-state index in [0.717, 1.165) is 60.2 Å². The van der Waals surface area contributed by atoms with Gasteiger partial charge in [0.1, 0.15) is 9.88 Å². The van der Waals surface area contributed by atoms with E-state index in [9.17, 15) is 4.79 Å². The maximum Gasteiger partial charge on any atom is 0.267 e. The number of hydrogen-bond acceptors (Lipinski definition) is 6. The van der Waals surface area contributed by atoms with E-state index in [1.807, 2.05) is 37.3 Å². The minimum Gasteiger partial charge on any atom is -0.321 e. The highest BCUT2D eigenvalue weighted by Crippen LogP contribution is 2.28. The predicted octanol–water partition coefficient (Wildman–Crippen LogP) is 3.51. The van der Waals surface area contributed by atoms with E-state index >= 15 is 0 Å². The highest BCUT2D eigenvalue weighted by molar-refractivity contribution is 7.17. The van der Waals surface area contributed by atoms with Crippen molar-refractivity contribution in [2.45, 2.75) is 13.5 Å². The highest BCUT2D eigenvalue weighted by atomic mass is 32.1. The molecule has 0 unspecified atom stereocenters. The molecule has 2 aromatic heterocycles. The van der Waals surface area contributed by atoms with Gasteiger partial charge < -0.3 is 10.2 Å². The SMILES string of the molecule is Cc1nc(-c2cccnc2)sc1C(=O)Nc1ccccc1CN1CCN(C)CC1. The molecule has 1 aliphatic rings. The molecule has 29 heavy (non-hydrogen) atoms. The van der Waals surface area contributed by atoms with Gasteiger partial charge in [0.05, 0.1) is 5.69 Å². The van der Waals surface area contributed by atoms with Crippen LogP contribution >= 0.6 is 11.3 Å². The molecule has 3 aromatic rings. The standard InChI is InChI=1S/C22H25N5OS/c1-16-20(29-22(24-16)17-7-5-9-23-14-17)21(28)25-19-8-4-3-6-18(19)15-27-12-10-26(2)11-13-27/h3-9,14H,10-13,15H2,1-2H3,(H,25,28). The molecule has 150 valence electrons. The number of amides is 1. The summed E-state index contributed by atoms with van der Waals surface area (Å²) in [5.74, 6) is -0.110. The summed E-state index contributed by atoms with van der Waals surface area (Å²) in [6.45, 7) is 6.95. The summed E-state index contributed by atoms with van der Waals surface area (Å²) in [5, 5.41) is 3.92. The smallest absolute Gasteiger partial charge is 0.267 e. The van der Waals surface area contributed by atoms with E-state index in [1.54, 1.807) is 12.4 Å². The third kappa shape index (κ3) is 4.70. The average molecular weight is 408 g/mol. The molecular formula is C22H25N5OS. The zero-order valence-corrected chi connectivity index (χ0v) is 17.6. The van der Waals surface area contributed by atoms with Crippen molar-refractivity contribution in [3.05, 3.63) is 64.9 Å². The summed E-state index contributed by atoms with van der Waals surface area (Å²) in [7, 11) is 2.16. The number of aryl methyl sites for hydroxylation is 1. The molecule has 1 aromatic carbocycles. The van der Waals surface area contributed by atoms with Crippen molar-refractivity contribution in [1.82, 2.24) is 19.8 Å². The Morgan fingerprint density at radius 3 is 2.69 bits per heavy atom. The van der Waals surface area contributed by atoms with E-state index in [2.05, 4.69) is 38.2 Å². The van der Waals surface area contributed by atoms with Crippen LogP contribution in [0.3, 0.4) is 0 Å². The number of carbonyl (C=O) groups excluding carboxylic acids is 1. The lowest BCUT2D eigenvalue weighted by Gasteiger charge is -2.32. The first kappa shape index (κ1) is 19.7. The number of carbonyl (C=O) groups is 1. The number of rotatable bonds is 5. The van der Waals surface area contributed by atoms with Crippen LogP contribution in [0.2, 0.25) is 0 Å². The summed E-state index contributed by atoms with van der Waals surface area (Å²) in [6.07, 6.45) is 3.50. The van der Waals surface area contributed by atoms with Crippen LogP contribution in [0.15, 0.2) is 48.8 Å². The maximum atomic E-state index is 13.0. The van der Waals surface area contributed by atoms with Gasteiger partial charge in [-0.1, -0.05) is 18.2 Å². The van der Waals surface area contributed by atoms with Crippen molar-refractivity contribution in [3.8, 4) is 10.6 Å². The van der Waals surface area contributed by atoms with Crippen molar-refractivity contribution >= 4 is 22.9 Å². The van der Waals surface area contributed by atoms with E-state index < -0.39 is 0 Å². The second-order valence-electron chi connectivity index (χ2n) is 7.37. The molecule has 1 saturated heterocycles. The van der Waals surface area contributed by atoms with Crippen LogP contribution in [-0.2, 0) is 6.54 Å². The van der Waals surface area contributed by atoms with Gasteiger partial charge in [0, 0.05) is 56.4 Å². The number of para-hydroxylation sites is 1. The first-order valence-corrected chi connectivity index (χ1v) is 10.6. The Morgan fingerprint density at radius 1 is 1.14 bits per heavy atom. The Morgan fingerprint density at radius 2 is 1.93 bits per heavy atom. The molecule has 4 rings (SSSR count). The quantitative estimate of drug-likeness (QED) is 0.701. The second kappa shape index (κ2) is 8.82. The van der Waals surface area contributed by atoms with Crippen molar-refractivity contribution in [1.29, 1.82) is 0 Å². The van der Waals surface area contributed by atoms with E-state index in [1.165, 1.54) is 11.3 Å². The van der Waals surface area contributed by atoms with Crippen LogP contribution in [-0.4, -0.2) is 58.9 Å². The number of nitrogens with one attached hydrogen (secondary N) is 1. The largest absolute Gasteiger partial charge is 0.321 e. The molecule has 1 amide bonds. The second-order valence-corrected chi connectivity index (χ2v) is 8.37. The monoisotopic (exact) mass is 407 g/mol. The van der Waals surface area contributed by atoms with Gasteiger partial charge in [-0.15, -0.1) is 11.3 Å². The van der Waals surface area contributed by atoms with E-state index in [0.29, 0.717) is 4.88 Å². The number of aromatic nitrogens is 2. The highest BCUT2D eigenvalue weighted by Gasteiger charge is 2.19. The Kier molecular flexibility index (Phi) is 5.99. The molecule has 7 heteroatoms. The average Bonchev–Trinajstić information content (AvgIpc) is 3.13. The number of hydrogen-bond donors (Lipinski definition) is 1. The van der Waals surface area contributed by atoms with Crippen molar-refractivity contribution < 1.29 is 4.79 Å². The summed E-state index contributed by atoms with van der Waals surface area (Å²) in [4.78, 5) is 27.1. The number of pyridine rings is 1. The van der Waals surface area contributed by atoms with E-state index in [-0.39, 0.29) is 5.91 Å². The zero-order valence-electron chi connectivity index (χ0n) is 16.8. The lowest BCUT2D eigenvalue weighted by molar-refractivity contribution is 0.102. The van der Waals surface area contributed by atoms with Gasteiger partial charge in [0.15, 0.2) is 0 Å². The number of nitrogens with zero attached hydrogens (tertiary/aromatic N) is 4. The summed E-state index contributed by atoms with van der Waals surface area (Å²) < 4.78 is 0. The number of thiazole rings is 1. The van der Waals surface area contributed by atoms with Crippen LogP contribution < -0.4 is 5.32 Å². The molecule has 1 N–H and O–H groups in total. The van der Waals surface area contributed by atoms with Gasteiger partial charge in [-0.3, -0.25) is 14.7 Å². The fourth-order valence-electron chi connectivity index (χ4n) is 3.43. The first-order chi connectivity index (χ1) is 14.1. The summed E-state index contributed by atoms with van der Waals surface area (Å²) >= 11 is 1.40. The Balaban J connectivity index is 1.50.